The lowest BCUT2D eigenvalue weighted by Crippen LogP contribution is -2.02. The highest BCUT2D eigenvalue weighted by molar-refractivity contribution is 5.81. The van der Waals surface area contributed by atoms with Gasteiger partial charge in [0.1, 0.15) is 6.33 Å². The summed E-state index contributed by atoms with van der Waals surface area (Å²) >= 11 is 0. The molecule has 0 aliphatic heterocycles. The molecule has 0 saturated heterocycles. The second-order valence-electron chi connectivity index (χ2n) is 4.36. The minimum Gasteiger partial charge on any atom is -0.378 e. The maximum atomic E-state index is 4.42. The molecular formula is C13H14N6. The van der Waals surface area contributed by atoms with E-state index < -0.39 is 0 Å². The Morgan fingerprint density at radius 2 is 2.21 bits per heavy atom. The maximum absolute atomic E-state index is 4.42. The van der Waals surface area contributed by atoms with Gasteiger partial charge in [-0.25, -0.2) is 15.0 Å². The van der Waals surface area contributed by atoms with Crippen LogP contribution >= 0.6 is 0 Å². The molecule has 3 rings (SSSR count). The van der Waals surface area contributed by atoms with E-state index in [4.69, 9.17) is 0 Å². The molecule has 3 heterocycles. The Bertz CT molecular complexity index is 704. The van der Waals surface area contributed by atoms with Gasteiger partial charge < -0.3 is 5.32 Å². The first-order valence-electron chi connectivity index (χ1n) is 6.02. The summed E-state index contributed by atoms with van der Waals surface area (Å²) in [5.74, 6) is 0. The maximum Gasteiger partial charge on any atom is 0.157 e. The predicted octanol–water partition coefficient (Wildman–Crippen LogP) is 1.68. The number of pyridine rings is 1. The van der Waals surface area contributed by atoms with Crippen molar-refractivity contribution in [3.05, 3.63) is 42.2 Å². The molecule has 0 radical (unpaired) electrons. The lowest BCUT2D eigenvalue weighted by molar-refractivity contribution is 0.774. The molecule has 96 valence electrons. The Labute approximate surface area is 110 Å². The largest absolute Gasteiger partial charge is 0.378 e. The first-order chi connectivity index (χ1) is 9.24. The molecule has 19 heavy (non-hydrogen) atoms. The van der Waals surface area contributed by atoms with Crippen molar-refractivity contribution in [3.63, 3.8) is 0 Å². The van der Waals surface area contributed by atoms with Gasteiger partial charge in [0, 0.05) is 18.6 Å². The zero-order valence-corrected chi connectivity index (χ0v) is 10.8. The Balaban J connectivity index is 1.84. The number of fused-ring (bicyclic) bond motifs is 1. The number of hydrogen-bond acceptors (Lipinski definition) is 5. The average Bonchev–Trinajstić information content (AvgIpc) is 2.73. The third kappa shape index (κ3) is 2.24. The summed E-state index contributed by atoms with van der Waals surface area (Å²) in [6.07, 6.45) is 5.09. The Hall–Kier alpha value is -2.50. The van der Waals surface area contributed by atoms with E-state index in [0.717, 1.165) is 28.1 Å². The molecule has 0 saturated carbocycles. The van der Waals surface area contributed by atoms with Crippen molar-refractivity contribution in [1.82, 2.24) is 24.7 Å². The van der Waals surface area contributed by atoms with E-state index >= 15 is 0 Å². The van der Waals surface area contributed by atoms with E-state index in [-0.39, 0.29) is 0 Å². The highest BCUT2D eigenvalue weighted by Crippen LogP contribution is 2.19. The lowest BCUT2D eigenvalue weighted by atomic mass is 10.2. The monoisotopic (exact) mass is 254 g/mol. The van der Waals surface area contributed by atoms with Gasteiger partial charge in [-0.05, 0) is 19.1 Å². The van der Waals surface area contributed by atoms with E-state index in [0.29, 0.717) is 6.54 Å². The topological polar surface area (TPSA) is 68.5 Å². The summed E-state index contributed by atoms with van der Waals surface area (Å²) in [6, 6.07) is 3.94. The van der Waals surface area contributed by atoms with Gasteiger partial charge in [0.2, 0.25) is 0 Å². The van der Waals surface area contributed by atoms with E-state index in [1.54, 1.807) is 17.2 Å². The molecule has 0 spiro atoms. The molecule has 0 atom stereocenters. The zero-order valence-electron chi connectivity index (χ0n) is 10.8. The van der Waals surface area contributed by atoms with Gasteiger partial charge in [-0.15, -0.1) is 0 Å². The van der Waals surface area contributed by atoms with Crippen LogP contribution in [0.15, 0.2) is 30.9 Å². The van der Waals surface area contributed by atoms with Crippen LogP contribution in [0.4, 0.5) is 5.69 Å². The molecule has 0 bridgehead atoms. The first kappa shape index (κ1) is 11.6. The quantitative estimate of drug-likeness (QED) is 0.770. The minimum absolute atomic E-state index is 0.648. The van der Waals surface area contributed by atoms with Gasteiger partial charge in [0.15, 0.2) is 5.65 Å². The lowest BCUT2D eigenvalue weighted by Gasteiger charge is -2.05. The van der Waals surface area contributed by atoms with Crippen molar-refractivity contribution in [2.75, 3.05) is 5.32 Å². The van der Waals surface area contributed by atoms with Crippen molar-refractivity contribution < 1.29 is 0 Å². The summed E-state index contributed by atoms with van der Waals surface area (Å²) in [6.45, 7) is 2.63. The number of rotatable bonds is 3. The zero-order chi connectivity index (χ0) is 13.2. The van der Waals surface area contributed by atoms with E-state index in [2.05, 4.69) is 31.4 Å². The molecule has 6 nitrogen and oxygen atoms in total. The van der Waals surface area contributed by atoms with Crippen LogP contribution in [-0.2, 0) is 13.6 Å². The average molecular weight is 254 g/mol. The number of nitrogens with zero attached hydrogens (tertiary/aromatic N) is 5. The molecule has 3 aromatic heterocycles. The fraction of sp³-hybridized carbons (Fsp3) is 0.231. The third-order valence-corrected chi connectivity index (χ3v) is 2.98. The number of aromatic nitrogens is 5. The summed E-state index contributed by atoms with van der Waals surface area (Å²) in [7, 11) is 1.90. The Morgan fingerprint density at radius 1 is 1.32 bits per heavy atom. The summed E-state index contributed by atoms with van der Waals surface area (Å²) < 4.78 is 1.79. The number of anilines is 1. The highest BCUT2D eigenvalue weighted by atomic mass is 15.3. The SMILES string of the molecule is Cc1nn(C)c2ncc(NCc3ccncn3)cc12. The molecule has 0 aliphatic rings. The predicted molar refractivity (Wildman–Crippen MR) is 72.6 cm³/mol. The van der Waals surface area contributed by atoms with E-state index in [1.807, 2.05) is 26.2 Å². The Morgan fingerprint density at radius 3 is 3.00 bits per heavy atom. The smallest absolute Gasteiger partial charge is 0.157 e. The van der Waals surface area contributed by atoms with Gasteiger partial charge in [-0.3, -0.25) is 4.68 Å². The molecule has 0 amide bonds. The second-order valence-corrected chi connectivity index (χ2v) is 4.36. The van der Waals surface area contributed by atoms with Gasteiger partial charge >= 0.3 is 0 Å². The number of aryl methyl sites for hydroxylation is 2. The summed E-state index contributed by atoms with van der Waals surface area (Å²) in [5.41, 5.74) is 3.78. The first-order valence-corrected chi connectivity index (χ1v) is 6.02. The highest BCUT2D eigenvalue weighted by Gasteiger charge is 2.06. The normalized spacial score (nSPS) is 10.8. The molecule has 0 fully saturated rings. The van der Waals surface area contributed by atoms with Gasteiger partial charge in [0.05, 0.1) is 29.8 Å². The number of nitrogens with one attached hydrogen (secondary N) is 1. The summed E-state index contributed by atoms with van der Waals surface area (Å²) in [5, 5.41) is 8.72. The van der Waals surface area contributed by atoms with Crippen molar-refractivity contribution in [1.29, 1.82) is 0 Å². The van der Waals surface area contributed by atoms with E-state index in [1.165, 1.54) is 0 Å². The molecular weight excluding hydrogens is 240 g/mol. The van der Waals surface area contributed by atoms with Crippen molar-refractivity contribution in [3.8, 4) is 0 Å². The van der Waals surface area contributed by atoms with Crippen LogP contribution < -0.4 is 5.32 Å². The van der Waals surface area contributed by atoms with Crippen LogP contribution in [0.3, 0.4) is 0 Å². The van der Waals surface area contributed by atoms with Gasteiger partial charge in [-0.2, -0.15) is 5.10 Å². The molecule has 1 N–H and O–H groups in total. The van der Waals surface area contributed by atoms with Crippen molar-refractivity contribution in [2.45, 2.75) is 13.5 Å². The van der Waals surface area contributed by atoms with E-state index in [9.17, 15) is 0 Å². The van der Waals surface area contributed by atoms with Gasteiger partial charge in [0.25, 0.3) is 0 Å². The molecule has 6 heteroatoms. The van der Waals surface area contributed by atoms with Crippen LogP contribution in [0.1, 0.15) is 11.4 Å². The van der Waals surface area contributed by atoms with Gasteiger partial charge in [-0.1, -0.05) is 0 Å². The fourth-order valence-electron chi connectivity index (χ4n) is 2.02. The van der Waals surface area contributed by atoms with Crippen LogP contribution in [0, 0.1) is 6.92 Å². The van der Waals surface area contributed by atoms with Crippen molar-refractivity contribution >= 4 is 16.7 Å². The number of hydrogen-bond donors (Lipinski definition) is 1. The van der Waals surface area contributed by atoms with Crippen LogP contribution in [0.2, 0.25) is 0 Å². The molecule has 0 aliphatic carbocycles. The molecule has 0 unspecified atom stereocenters. The van der Waals surface area contributed by atoms with Crippen LogP contribution in [0.5, 0.6) is 0 Å². The molecule has 3 aromatic rings. The standard InChI is InChI=1S/C13H14N6/c1-9-12-5-11(7-16-13(12)19(2)18-9)15-6-10-3-4-14-8-17-10/h3-5,7-8,15H,6H2,1-2H3. The third-order valence-electron chi connectivity index (χ3n) is 2.98. The second kappa shape index (κ2) is 4.64. The van der Waals surface area contributed by atoms with Crippen LogP contribution in [0.25, 0.3) is 11.0 Å². The van der Waals surface area contributed by atoms with Crippen LogP contribution in [-0.4, -0.2) is 24.7 Å². The minimum atomic E-state index is 0.648. The fourth-order valence-corrected chi connectivity index (χ4v) is 2.02. The summed E-state index contributed by atoms with van der Waals surface area (Å²) in [4.78, 5) is 12.5. The molecule has 0 aromatic carbocycles. The Kier molecular flexibility index (Phi) is 2.83. The van der Waals surface area contributed by atoms with Crippen molar-refractivity contribution in [2.24, 2.45) is 7.05 Å².